The summed E-state index contributed by atoms with van der Waals surface area (Å²) in [4.78, 5) is 4.14. The summed E-state index contributed by atoms with van der Waals surface area (Å²) in [6.45, 7) is 18.6. The summed E-state index contributed by atoms with van der Waals surface area (Å²) >= 11 is 0. The average Bonchev–Trinajstić information content (AvgIpc) is 3.64. The molecule has 55 heavy (non-hydrogen) atoms. The molecule has 9 aromatic rings. The van der Waals surface area contributed by atoms with Crippen LogP contribution in [-0.4, -0.2) is 9.13 Å². The zero-order valence-electron chi connectivity index (χ0n) is 31.1. The van der Waals surface area contributed by atoms with Crippen molar-refractivity contribution in [1.82, 2.24) is 9.13 Å². The highest BCUT2D eigenvalue weighted by atomic mass is 19.4. The molecule has 0 aliphatic rings. The molecule has 0 saturated carbocycles. The van der Waals surface area contributed by atoms with Gasteiger partial charge < -0.3 is 9.13 Å². The zero-order valence-corrected chi connectivity index (χ0v) is 31.1. The topological polar surface area (TPSA) is 14.2 Å². The maximum Gasteiger partial charge on any atom is 0.416 e. The first-order chi connectivity index (χ1) is 26.4. The molecule has 2 aromatic heterocycles. The molecule has 0 unspecified atom stereocenters. The van der Waals surface area contributed by atoms with Crippen molar-refractivity contribution in [3.8, 4) is 33.6 Å². The van der Waals surface area contributed by atoms with Gasteiger partial charge in [-0.15, -0.1) is 0 Å². The molecule has 9 rings (SSSR count). The number of halogens is 3. The molecule has 6 heteroatoms. The Labute approximate surface area is 317 Å². The second-order valence-electron chi connectivity index (χ2n) is 14.8. The van der Waals surface area contributed by atoms with Gasteiger partial charge in [-0.05, 0) is 136 Å². The van der Waals surface area contributed by atoms with Crippen molar-refractivity contribution in [1.29, 1.82) is 0 Å². The number of aromatic nitrogens is 2. The lowest BCUT2D eigenvalue weighted by molar-refractivity contribution is -0.137. The van der Waals surface area contributed by atoms with Crippen molar-refractivity contribution >= 4 is 49.3 Å². The van der Waals surface area contributed by atoms with Gasteiger partial charge in [0.2, 0.25) is 0 Å². The second kappa shape index (κ2) is 12.5. The Morgan fingerprint density at radius 2 is 0.982 bits per heavy atom. The molecule has 0 N–H and O–H groups in total. The number of aryl methyl sites for hydroxylation is 5. The molecule has 0 saturated heterocycles. The number of nitrogens with zero attached hydrogens (tertiary/aromatic N) is 3. The van der Waals surface area contributed by atoms with Crippen LogP contribution in [0.4, 0.5) is 18.9 Å². The van der Waals surface area contributed by atoms with Crippen LogP contribution in [0.25, 0.3) is 82.1 Å². The molecule has 0 spiro atoms. The van der Waals surface area contributed by atoms with Gasteiger partial charge in [-0.2, -0.15) is 13.2 Å². The Kier molecular flexibility index (Phi) is 7.77. The first-order valence-electron chi connectivity index (χ1n) is 18.3. The highest BCUT2D eigenvalue weighted by Gasteiger charge is 2.31. The first-order valence-corrected chi connectivity index (χ1v) is 18.3. The Morgan fingerprint density at radius 1 is 0.491 bits per heavy atom. The molecule has 0 aliphatic heterocycles. The highest BCUT2D eigenvalue weighted by Crippen LogP contribution is 2.46. The third-order valence-corrected chi connectivity index (χ3v) is 10.9. The molecule has 2 heterocycles. The van der Waals surface area contributed by atoms with E-state index in [4.69, 9.17) is 6.57 Å². The van der Waals surface area contributed by atoms with E-state index in [1.807, 2.05) is 18.2 Å². The number of hydrogen-bond donors (Lipinski definition) is 0. The molecule has 7 aromatic carbocycles. The van der Waals surface area contributed by atoms with E-state index < -0.39 is 11.7 Å². The zero-order chi connectivity index (χ0) is 38.3. The standard InChI is InChI=1S/C49H36F3N3/c1-28-10-17-42-36(22-28)37-23-29(2)11-18-43(37)54(42)46-21-14-33(35-16-15-34(26-32(35)5)49(50,51)52)27-40(46)48-41(53-6)8-7-9-47(48)55-44-19-12-30(3)24-38(44)39-25-31(4)13-20-45(39)55/h7-27H,1-5H3. The van der Waals surface area contributed by atoms with E-state index in [1.165, 1.54) is 6.07 Å². The van der Waals surface area contributed by atoms with E-state index in [-0.39, 0.29) is 0 Å². The van der Waals surface area contributed by atoms with Crippen LogP contribution >= 0.6 is 0 Å². The van der Waals surface area contributed by atoms with Gasteiger partial charge in [-0.25, -0.2) is 4.85 Å². The summed E-state index contributed by atoms with van der Waals surface area (Å²) in [5.41, 5.74) is 13.7. The monoisotopic (exact) mass is 723 g/mol. The minimum Gasteiger partial charge on any atom is -0.310 e. The highest BCUT2D eigenvalue weighted by molar-refractivity contribution is 6.12. The van der Waals surface area contributed by atoms with Gasteiger partial charge in [0.05, 0.1) is 39.9 Å². The Bertz CT molecular complexity index is 2980. The van der Waals surface area contributed by atoms with Crippen LogP contribution in [0.3, 0.4) is 0 Å². The van der Waals surface area contributed by atoms with Crippen LogP contribution in [0.1, 0.15) is 33.4 Å². The lowest BCUT2D eigenvalue weighted by Crippen LogP contribution is -2.05. The number of hydrogen-bond acceptors (Lipinski definition) is 0. The molecule has 0 radical (unpaired) electrons. The number of alkyl halides is 3. The van der Waals surface area contributed by atoms with Gasteiger partial charge in [0, 0.05) is 32.8 Å². The molecule has 0 amide bonds. The average molecular weight is 724 g/mol. The second-order valence-corrected chi connectivity index (χ2v) is 14.8. The summed E-state index contributed by atoms with van der Waals surface area (Å²) < 4.78 is 45.9. The van der Waals surface area contributed by atoms with Gasteiger partial charge in [0.15, 0.2) is 5.69 Å². The Balaban J connectivity index is 1.43. The summed E-state index contributed by atoms with van der Waals surface area (Å²) in [5, 5.41) is 4.50. The van der Waals surface area contributed by atoms with Gasteiger partial charge in [-0.1, -0.05) is 70.8 Å². The largest absolute Gasteiger partial charge is 0.416 e. The SMILES string of the molecule is [C-]#[N+]c1cccc(-n2c3ccc(C)cc3c3cc(C)ccc32)c1-c1cc(-c2ccc(C(F)(F)F)cc2C)ccc1-n1c2ccc(C)cc2c2cc(C)ccc21. The lowest BCUT2D eigenvalue weighted by Gasteiger charge is -2.21. The van der Waals surface area contributed by atoms with Crippen molar-refractivity contribution in [3.05, 3.63) is 172 Å². The van der Waals surface area contributed by atoms with Gasteiger partial charge in [-0.3, -0.25) is 0 Å². The van der Waals surface area contributed by atoms with Crippen molar-refractivity contribution in [3.63, 3.8) is 0 Å². The Hall–Kier alpha value is -6.58. The predicted molar refractivity (Wildman–Crippen MR) is 221 cm³/mol. The third kappa shape index (κ3) is 5.50. The van der Waals surface area contributed by atoms with Crippen LogP contribution in [0.2, 0.25) is 0 Å². The molecule has 0 bridgehead atoms. The maximum atomic E-state index is 13.8. The van der Waals surface area contributed by atoms with Gasteiger partial charge in [0.25, 0.3) is 0 Å². The molecule has 268 valence electrons. The number of benzene rings is 7. The summed E-state index contributed by atoms with van der Waals surface area (Å²) in [7, 11) is 0. The third-order valence-electron chi connectivity index (χ3n) is 10.9. The van der Waals surface area contributed by atoms with Crippen molar-refractivity contribution < 1.29 is 13.2 Å². The fourth-order valence-corrected chi connectivity index (χ4v) is 8.37. The van der Waals surface area contributed by atoms with E-state index in [1.54, 1.807) is 13.0 Å². The first kappa shape index (κ1) is 34.2. The quantitative estimate of drug-likeness (QED) is 0.161. The number of fused-ring (bicyclic) bond motifs is 6. The van der Waals surface area contributed by atoms with Crippen LogP contribution in [0, 0.1) is 41.2 Å². The van der Waals surface area contributed by atoms with Crippen LogP contribution in [0.5, 0.6) is 0 Å². The van der Waals surface area contributed by atoms with E-state index in [2.05, 4.69) is 133 Å². The lowest BCUT2D eigenvalue weighted by atomic mass is 9.92. The Morgan fingerprint density at radius 3 is 1.44 bits per heavy atom. The minimum atomic E-state index is -4.45. The minimum absolute atomic E-state index is 0.474. The summed E-state index contributed by atoms with van der Waals surface area (Å²) in [6.07, 6.45) is -4.45. The van der Waals surface area contributed by atoms with Crippen molar-refractivity contribution in [2.24, 2.45) is 0 Å². The fourth-order valence-electron chi connectivity index (χ4n) is 8.37. The molecular formula is C49H36F3N3. The van der Waals surface area contributed by atoms with Gasteiger partial charge >= 0.3 is 6.18 Å². The van der Waals surface area contributed by atoms with Crippen LogP contribution in [0.15, 0.2) is 127 Å². The normalized spacial score (nSPS) is 12.0. The van der Waals surface area contributed by atoms with E-state index in [0.29, 0.717) is 16.8 Å². The van der Waals surface area contributed by atoms with Crippen LogP contribution < -0.4 is 0 Å². The van der Waals surface area contributed by atoms with E-state index in [0.717, 1.165) is 100.0 Å². The van der Waals surface area contributed by atoms with Gasteiger partial charge in [0.1, 0.15) is 0 Å². The molecule has 0 aliphatic carbocycles. The summed E-state index contributed by atoms with van der Waals surface area (Å²) in [5.74, 6) is 0. The fraction of sp³-hybridized carbons (Fsp3) is 0.122. The molecular weight excluding hydrogens is 688 g/mol. The number of rotatable bonds is 4. The molecule has 0 atom stereocenters. The maximum absolute atomic E-state index is 13.8. The predicted octanol–water partition coefficient (Wildman–Crippen LogP) is 14.3. The van der Waals surface area contributed by atoms with Crippen LogP contribution in [-0.2, 0) is 6.18 Å². The summed E-state index contributed by atoms with van der Waals surface area (Å²) in [6, 6.07) is 41.8. The smallest absolute Gasteiger partial charge is 0.310 e. The molecule has 0 fully saturated rings. The molecule has 3 nitrogen and oxygen atoms in total. The van der Waals surface area contributed by atoms with E-state index >= 15 is 0 Å². The van der Waals surface area contributed by atoms with E-state index in [9.17, 15) is 13.2 Å². The van der Waals surface area contributed by atoms with Crippen molar-refractivity contribution in [2.75, 3.05) is 0 Å². The van der Waals surface area contributed by atoms with Crippen molar-refractivity contribution in [2.45, 2.75) is 40.8 Å².